The highest BCUT2D eigenvalue weighted by Gasteiger charge is 2.18. The first-order chi connectivity index (χ1) is 10.6. The minimum absolute atomic E-state index is 0.103. The number of H-pyrrole nitrogens is 1. The zero-order valence-corrected chi connectivity index (χ0v) is 12.7. The molecule has 0 amide bonds. The lowest BCUT2D eigenvalue weighted by Gasteiger charge is -2.26. The van der Waals surface area contributed by atoms with Crippen LogP contribution in [-0.2, 0) is 0 Å². The number of nitrogens with two attached hydrogens (primary N) is 1. The number of hydrogen-bond acceptors (Lipinski definition) is 6. The fraction of sp³-hybridized carbons (Fsp3) is 0.267. The Morgan fingerprint density at radius 1 is 1.23 bits per heavy atom. The van der Waals surface area contributed by atoms with Crippen LogP contribution >= 0.6 is 0 Å². The zero-order valence-electron chi connectivity index (χ0n) is 12.7. The Kier molecular flexibility index (Phi) is 3.54. The molecule has 0 aliphatic rings. The summed E-state index contributed by atoms with van der Waals surface area (Å²) in [5.41, 5.74) is 8.27. The molecule has 0 saturated heterocycles. The van der Waals surface area contributed by atoms with Crippen molar-refractivity contribution in [3.8, 4) is 5.75 Å². The Balaban J connectivity index is 1.97. The van der Waals surface area contributed by atoms with Gasteiger partial charge in [-0.25, -0.2) is 4.98 Å². The van der Waals surface area contributed by atoms with E-state index in [9.17, 15) is 0 Å². The van der Waals surface area contributed by atoms with Crippen LogP contribution < -0.4 is 15.4 Å². The van der Waals surface area contributed by atoms with Crippen LogP contribution in [0.4, 0.5) is 11.8 Å². The summed E-state index contributed by atoms with van der Waals surface area (Å²) >= 11 is 0. The third-order valence-corrected chi connectivity index (χ3v) is 3.80. The molecular weight excluding hydrogens is 280 g/mol. The Hall–Kier alpha value is -2.83. The monoisotopic (exact) mass is 298 g/mol. The second-order valence-electron chi connectivity index (χ2n) is 5.07. The van der Waals surface area contributed by atoms with Crippen molar-refractivity contribution < 1.29 is 4.74 Å². The number of fused-ring (bicyclic) bond motifs is 1. The van der Waals surface area contributed by atoms with Crippen LogP contribution in [0.2, 0.25) is 0 Å². The molecule has 2 aromatic heterocycles. The summed E-state index contributed by atoms with van der Waals surface area (Å²) in [6.45, 7) is 2.10. The number of aromatic nitrogens is 4. The van der Waals surface area contributed by atoms with Gasteiger partial charge in [0.25, 0.3) is 0 Å². The Bertz CT molecular complexity index is 782. The molecule has 22 heavy (non-hydrogen) atoms. The van der Waals surface area contributed by atoms with Crippen molar-refractivity contribution in [2.24, 2.45) is 0 Å². The summed E-state index contributed by atoms with van der Waals surface area (Å²) in [5.74, 6) is 1.77. The molecule has 3 aromatic rings. The van der Waals surface area contributed by atoms with Crippen LogP contribution in [0.1, 0.15) is 18.5 Å². The summed E-state index contributed by atoms with van der Waals surface area (Å²) in [7, 11) is 3.63. The van der Waals surface area contributed by atoms with Crippen molar-refractivity contribution in [1.29, 1.82) is 0 Å². The summed E-state index contributed by atoms with van der Waals surface area (Å²) < 4.78 is 5.19. The van der Waals surface area contributed by atoms with Gasteiger partial charge in [0.15, 0.2) is 11.5 Å². The molecule has 0 bridgehead atoms. The summed E-state index contributed by atoms with van der Waals surface area (Å²) in [6, 6.07) is 8.06. The van der Waals surface area contributed by atoms with Crippen LogP contribution in [0.25, 0.3) is 11.2 Å². The van der Waals surface area contributed by atoms with E-state index in [0.717, 1.165) is 22.6 Å². The molecular formula is C15H18N6O. The minimum atomic E-state index is 0.103. The predicted molar refractivity (Wildman–Crippen MR) is 85.9 cm³/mol. The maximum Gasteiger partial charge on any atom is 0.224 e. The summed E-state index contributed by atoms with van der Waals surface area (Å²) in [6.07, 6.45) is 1.59. The Morgan fingerprint density at radius 3 is 2.64 bits per heavy atom. The van der Waals surface area contributed by atoms with Crippen molar-refractivity contribution in [2.45, 2.75) is 13.0 Å². The number of aromatic amines is 1. The molecule has 0 aliphatic heterocycles. The van der Waals surface area contributed by atoms with E-state index >= 15 is 0 Å². The molecule has 0 radical (unpaired) electrons. The van der Waals surface area contributed by atoms with Gasteiger partial charge in [0, 0.05) is 7.05 Å². The van der Waals surface area contributed by atoms with Gasteiger partial charge >= 0.3 is 0 Å². The first kappa shape index (κ1) is 14.1. The minimum Gasteiger partial charge on any atom is -0.497 e. The summed E-state index contributed by atoms with van der Waals surface area (Å²) in [4.78, 5) is 17.7. The number of nitrogens with zero attached hydrogens (tertiary/aromatic N) is 4. The maximum atomic E-state index is 5.78. The number of imidazole rings is 1. The first-order valence-corrected chi connectivity index (χ1v) is 6.93. The van der Waals surface area contributed by atoms with Gasteiger partial charge in [-0.3, -0.25) is 0 Å². The molecule has 1 aromatic carbocycles. The normalized spacial score (nSPS) is 12.3. The van der Waals surface area contributed by atoms with E-state index < -0.39 is 0 Å². The van der Waals surface area contributed by atoms with Gasteiger partial charge in [0.2, 0.25) is 5.95 Å². The zero-order chi connectivity index (χ0) is 15.7. The molecule has 0 fully saturated rings. The number of hydrogen-bond donors (Lipinski definition) is 2. The van der Waals surface area contributed by atoms with E-state index in [-0.39, 0.29) is 12.0 Å². The number of ether oxygens (including phenoxy) is 1. The summed E-state index contributed by atoms with van der Waals surface area (Å²) in [5, 5.41) is 0. The van der Waals surface area contributed by atoms with Gasteiger partial charge in [-0.05, 0) is 24.6 Å². The Labute approximate surface area is 128 Å². The van der Waals surface area contributed by atoms with E-state index in [1.165, 1.54) is 0 Å². The van der Waals surface area contributed by atoms with Gasteiger partial charge in [0.1, 0.15) is 11.3 Å². The highest BCUT2D eigenvalue weighted by molar-refractivity contribution is 5.84. The maximum absolute atomic E-state index is 5.78. The molecule has 0 saturated carbocycles. The number of nitrogen functional groups attached to an aromatic ring is 1. The number of anilines is 2. The molecule has 3 N–H and O–H groups in total. The molecule has 0 unspecified atom stereocenters. The SMILES string of the molecule is COc1ccc([C@H](C)N(C)c2nc(N)nc3nc[nH]c23)cc1. The topological polar surface area (TPSA) is 92.9 Å². The van der Waals surface area contributed by atoms with Crippen molar-refractivity contribution in [3.05, 3.63) is 36.2 Å². The second kappa shape index (κ2) is 5.51. The van der Waals surface area contributed by atoms with Gasteiger partial charge in [-0.1, -0.05) is 12.1 Å². The van der Waals surface area contributed by atoms with Crippen molar-refractivity contribution in [1.82, 2.24) is 19.9 Å². The Morgan fingerprint density at radius 2 is 1.95 bits per heavy atom. The molecule has 0 spiro atoms. The average molecular weight is 298 g/mol. The average Bonchev–Trinajstić information content (AvgIpc) is 3.01. The number of methoxy groups -OCH3 is 1. The highest BCUT2D eigenvalue weighted by atomic mass is 16.5. The third kappa shape index (κ3) is 2.41. The van der Waals surface area contributed by atoms with E-state index in [1.54, 1.807) is 13.4 Å². The molecule has 114 valence electrons. The van der Waals surface area contributed by atoms with Crippen LogP contribution in [-0.4, -0.2) is 34.1 Å². The lowest BCUT2D eigenvalue weighted by Crippen LogP contribution is -2.23. The van der Waals surface area contributed by atoms with E-state index in [0.29, 0.717) is 5.65 Å². The van der Waals surface area contributed by atoms with Gasteiger partial charge < -0.3 is 20.4 Å². The fourth-order valence-electron chi connectivity index (χ4n) is 2.38. The molecule has 3 rings (SSSR count). The molecule has 7 nitrogen and oxygen atoms in total. The molecule has 7 heteroatoms. The van der Waals surface area contributed by atoms with Crippen molar-refractivity contribution in [3.63, 3.8) is 0 Å². The second-order valence-corrected chi connectivity index (χ2v) is 5.07. The molecule has 2 heterocycles. The predicted octanol–water partition coefficient (Wildman–Crippen LogP) is 2.14. The largest absolute Gasteiger partial charge is 0.497 e. The van der Waals surface area contributed by atoms with E-state index in [4.69, 9.17) is 10.5 Å². The standard InChI is InChI=1S/C15H18N6O/c1-9(10-4-6-11(22-3)7-5-10)21(2)14-12-13(18-8-17-12)19-15(16)20-14/h4-9H,1-3H3,(H3,16,17,18,19,20)/t9-/m0/s1. The van der Waals surface area contributed by atoms with Gasteiger partial charge in [-0.15, -0.1) is 0 Å². The number of rotatable bonds is 4. The van der Waals surface area contributed by atoms with Crippen LogP contribution in [0.15, 0.2) is 30.6 Å². The highest BCUT2D eigenvalue weighted by Crippen LogP contribution is 2.29. The first-order valence-electron chi connectivity index (χ1n) is 6.93. The third-order valence-electron chi connectivity index (χ3n) is 3.80. The smallest absolute Gasteiger partial charge is 0.224 e. The molecule has 0 aliphatic carbocycles. The fourth-order valence-corrected chi connectivity index (χ4v) is 2.38. The van der Waals surface area contributed by atoms with Crippen LogP contribution in [0.5, 0.6) is 5.75 Å². The van der Waals surface area contributed by atoms with Crippen LogP contribution in [0.3, 0.4) is 0 Å². The van der Waals surface area contributed by atoms with Gasteiger partial charge in [0.05, 0.1) is 19.5 Å². The van der Waals surface area contributed by atoms with Crippen molar-refractivity contribution >= 4 is 22.9 Å². The van der Waals surface area contributed by atoms with E-state index in [1.807, 2.05) is 36.2 Å². The quantitative estimate of drug-likeness (QED) is 0.766. The molecule has 1 atom stereocenters. The lowest BCUT2D eigenvalue weighted by molar-refractivity contribution is 0.414. The number of benzene rings is 1. The van der Waals surface area contributed by atoms with Gasteiger partial charge in [-0.2, -0.15) is 9.97 Å². The van der Waals surface area contributed by atoms with Crippen molar-refractivity contribution in [2.75, 3.05) is 24.8 Å². The van der Waals surface area contributed by atoms with Crippen LogP contribution in [0, 0.1) is 0 Å². The number of nitrogens with one attached hydrogen (secondary N) is 1. The lowest BCUT2D eigenvalue weighted by atomic mass is 10.1. The van der Waals surface area contributed by atoms with E-state index in [2.05, 4.69) is 26.9 Å².